The van der Waals surface area contributed by atoms with Gasteiger partial charge in [0.1, 0.15) is 5.60 Å². The molecule has 0 heterocycles. The molecule has 19 heavy (non-hydrogen) atoms. The van der Waals surface area contributed by atoms with Crippen LogP contribution in [0.2, 0.25) is 0 Å². The Bertz CT molecular complexity index is 433. The van der Waals surface area contributed by atoms with Crippen molar-refractivity contribution < 1.29 is 19.4 Å². The summed E-state index contributed by atoms with van der Waals surface area (Å²) in [5.74, 6) is -1.05. The topological polar surface area (TPSA) is 63.6 Å². The van der Waals surface area contributed by atoms with E-state index in [4.69, 9.17) is 0 Å². The van der Waals surface area contributed by atoms with E-state index in [-0.39, 0.29) is 5.78 Å². The van der Waals surface area contributed by atoms with Crippen molar-refractivity contribution in [1.29, 1.82) is 0 Å². The van der Waals surface area contributed by atoms with E-state index in [2.05, 4.69) is 4.74 Å². The lowest BCUT2D eigenvalue weighted by Gasteiger charge is -2.27. The average molecular weight is 266 g/mol. The highest BCUT2D eigenvalue weighted by Crippen LogP contribution is 2.41. The summed E-state index contributed by atoms with van der Waals surface area (Å²) in [6, 6.07) is 0. The minimum Gasteiger partial charge on any atom is -0.466 e. The minimum absolute atomic E-state index is 0.0250. The molecule has 0 saturated heterocycles. The molecule has 0 aromatic heterocycles. The van der Waals surface area contributed by atoms with Crippen LogP contribution in [0.25, 0.3) is 0 Å². The van der Waals surface area contributed by atoms with Gasteiger partial charge in [-0.3, -0.25) is 4.79 Å². The lowest BCUT2D eigenvalue weighted by Crippen LogP contribution is -2.36. The number of Topliss-reactive ketones (excluding diaryl/α,β-unsaturated/α-hetero) is 1. The first-order valence-corrected chi connectivity index (χ1v) is 6.60. The number of ether oxygens (including phenoxy) is 1. The van der Waals surface area contributed by atoms with Crippen LogP contribution < -0.4 is 0 Å². The van der Waals surface area contributed by atoms with Crippen molar-refractivity contribution in [2.24, 2.45) is 5.92 Å². The van der Waals surface area contributed by atoms with Crippen LogP contribution in [0, 0.1) is 5.92 Å². The van der Waals surface area contributed by atoms with Crippen molar-refractivity contribution in [2.45, 2.75) is 45.6 Å². The highest BCUT2D eigenvalue weighted by atomic mass is 16.5. The van der Waals surface area contributed by atoms with Gasteiger partial charge in [-0.1, -0.05) is 19.8 Å². The second kappa shape index (κ2) is 6.15. The van der Waals surface area contributed by atoms with Crippen LogP contribution >= 0.6 is 0 Å². The van der Waals surface area contributed by atoms with Gasteiger partial charge in [0.2, 0.25) is 0 Å². The van der Waals surface area contributed by atoms with Gasteiger partial charge in [0, 0.05) is 6.08 Å². The van der Waals surface area contributed by atoms with Crippen LogP contribution in [0.4, 0.5) is 0 Å². The van der Waals surface area contributed by atoms with Gasteiger partial charge < -0.3 is 9.84 Å². The quantitative estimate of drug-likeness (QED) is 0.612. The molecule has 2 unspecified atom stereocenters. The summed E-state index contributed by atoms with van der Waals surface area (Å²) in [4.78, 5) is 23.4. The first-order valence-electron chi connectivity index (χ1n) is 6.60. The molecule has 1 aliphatic rings. The monoisotopic (exact) mass is 266 g/mol. The smallest absolute Gasteiger partial charge is 0.330 e. The van der Waals surface area contributed by atoms with E-state index in [0.29, 0.717) is 17.6 Å². The van der Waals surface area contributed by atoms with Gasteiger partial charge in [-0.2, -0.15) is 0 Å². The molecule has 0 aliphatic heterocycles. The first kappa shape index (κ1) is 15.6. The molecule has 106 valence electrons. The molecule has 0 aromatic rings. The Morgan fingerprint density at radius 1 is 1.47 bits per heavy atom. The zero-order valence-electron chi connectivity index (χ0n) is 12.0. The Morgan fingerprint density at radius 3 is 2.63 bits per heavy atom. The standard InChI is InChI=1S/C15H22O4/c1-5-6-7-12-14(17)10(2)11(3)15(12,18)9-8-13(16)19-4/h8-9,12,18H,5-7H2,1-4H3. The number of methoxy groups -OCH3 is 1. The molecular weight excluding hydrogens is 244 g/mol. The molecule has 0 fully saturated rings. The minimum atomic E-state index is -1.36. The van der Waals surface area contributed by atoms with E-state index in [1.165, 1.54) is 19.3 Å². The maximum atomic E-state index is 12.2. The van der Waals surface area contributed by atoms with Crippen molar-refractivity contribution in [1.82, 2.24) is 0 Å². The fraction of sp³-hybridized carbons (Fsp3) is 0.600. The maximum Gasteiger partial charge on any atom is 0.330 e. The van der Waals surface area contributed by atoms with Gasteiger partial charge in [0.25, 0.3) is 0 Å². The number of unbranched alkanes of at least 4 members (excludes halogenated alkanes) is 1. The SMILES string of the molecule is CCCCC1C(=O)C(C)=C(C)C1(O)C=CC(=O)OC. The summed E-state index contributed by atoms with van der Waals surface area (Å²) in [5.41, 5.74) is -0.137. The fourth-order valence-electron chi connectivity index (χ4n) is 2.47. The van der Waals surface area contributed by atoms with Crippen molar-refractivity contribution in [3.05, 3.63) is 23.3 Å². The largest absolute Gasteiger partial charge is 0.466 e. The van der Waals surface area contributed by atoms with E-state index >= 15 is 0 Å². The Kier molecular flexibility index (Phi) is 5.06. The van der Waals surface area contributed by atoms with Crippen LogP contribution in [0.1, 0.15) is 40.0 Å². The van der Waals surface area contributed by atoms with Crippen LogP contribution in [0.15, 0.2) is 23.3 Å². The van der Waals surface area contributed by atoms with Gasteiger partial charge in [-0.05, 0) is 37.5 Å². The van der Waals surface area contributed by atoms with Gasteiger partial charge in [-0.15, -0.1) is 0 Å². The predicted octanol–water partition coefficient (Wildman–Crippen LogP) is 2.17. The third-order valence-corrected chi connectivity index (χ3v) is 3.90. The summed E-state index contributed by atoms with van der Waals surface area (Å²) >= 11 is 0. The Labute approximate surface area is 114 Å². The zero-order valence-corrected chi connectivity index (χ0v) is 12.0. The van der Waals surface area contributed by atoms with Crippen molar-refractivity contribution >= 4 is 11.8 Å². The van der Waals surface area contributed by atoms with Crippen LogP contribution in [-0.4, -0.2) is 29.6 Å². The zero-order chi connectivity index (χ0) is 14.6. The normalized spacial score (nSPS) is 27.4. The van der Waals surface area contributed by atoms with E-state index in [1.807, 2.05) is 6.92 Å². The van der Waals surface area contributed by atoms with Crippen LogP contribution in [0.3, 0.4) is 0 Å². The molecule has 0 saturated carbocycles. The van der Waals surface area contributed by atoms with E-state index in [0.717, 1.165) is 12.8 Å². The summed E-state index contributed by atoms with van der Waals surface area (Å²) in [6.45, 7) is 5.50. The Hall–Kier alpha value is -1.42. The lowest BCUT2D eigenvalue weighted by atomic mass is 9.82. The molecule has 4 nitrogen and oxygen atoms in total. The number of ketones is 1. The fourth-order valence-corrected chi connectivity index (χ4v) is 2.47. The number of allylic oxidation sites excluding steroid dienone is 1. The van der Waals surface area contributed by atoms with E-state index in [1.54, 1.807) is 13.8 Å². The summed E-state index contributed by atoms with van der Waals surface area (Å²) in [7, 11) is 1.28. The molecule has 1 N–H and O–H groups in total. The van der Waals surface area contributed by atoms with Crippen molar-refractivity contribution in [2.75, 3.05) is 7.11 Å². The predicted molar refractivity (Wildman–Crippen MR) is 72.5 cm³/mol. The van der Waals surface area contributed by atoms with Crippen LogP contribution in [0.5, 0.6) is 0 Å². The van der Waals surface area contributed by atoms with Gasteiger partial charge in [-0.25, -0.2) is 4.79 Å². The number of hydrogen-bond donors (Lipinski definition) is 1. The third kappa shape index (κ3) is 2.95. The van der Waals surface area contributed by atoms with E-state index < -0.39 is 17.5 Å². The second-order valence-electron chi connectivity index (χ2n) is 4.99. The molecular formula is C15H22O4. The van der Waals surface area contributed by atoms with E-state index in [9.17, 15) is 14.7 Å². The number of hydrogen-bond acceptors (Lipinski definition) is 4. The number of aliphatic hydroxyl groups is 1. The highest BCUT2D eigenvalue weighted by molar-refractivity contribution is 6.02. The second-order valence-corrected chi connectivity index (χ2v) is 4.99. The molecule has 2 atom stereocenters. The third-order valence-electron chi connectivity index (χ3n) is 3.90. The number of esters is 1. The Morgan fingerprint density at radius 2 is 2.11 bits per heavy atom. The molecule has 1 rings (SSSR count). The maximum absolute atomic E-state index is 12.2. The molecule has 0 aromatic carbocycles. The number of carbonyl (C=O) groups is 2. The highest BCUT2D eigenvalue weighted by Gasteiger charge is 2.47. The summed E-state index contributed by atoms with van der Waals surface area (Å²) in [6.07, 6.45) is 5.02. The molecule has 0 amide bonds. The summed E-state index contributed by atoms with van der Waals surface area (Å²) < 4.78 is 4.52. The molecule has 0 bridgehead atoms. The summed E-state index contributed by atoms with van der Waals surface area (Å²) in [5, 5.41) is 10.8. The van der Waals surface area contributed by atoms with Crippen LogP contribution in [-0.2, 0) is 14.3 Å². The first-order chi connectivity index (χ1) is 8.88. The van der Waals surface area contributed by atoms with Gasteiger partial charge >= 0.3 is 5.97 Å². The molecule has 0 spiro atoms. The molecule has 1 aliphatic carbocycles. The lowest BCUT2D eigenvalue weighted by molar-refractivity contribution is -0.135. The Balaban J connectivity index is 3.06. The number of carbonyl (C=O) groups excluding carboxylic acids is 2. The van der Waals surface area contributed by atoms with Gasteiger partial charge in [0.15, 0.2) is 5.78 Å². The van der Waals surface area contributed by atoms with Gasteiger partial charge in [0.05, 0.1) is 13.0 Å². The van der Waals surface area contributed by atoms with Crippen molar-refractivity contribution in [3.63, 3.8) is 0 Å². The number of rotatable bonds is 5. The average Bonchev–Trinajstić information content (AvgIpc) is 2.57. The molecule has 0 radical (unpaired) electrons. The molecule has 4 heteroatoms. The van der Waals surface area contributed by atoms with Crippen molar-refractivity contribution in [3.8, 4) is 0 Å².